The monoisotopic (exact) mass is 214 g/mol. The first-order chi connectivity index (χ1) is 7.63. The molecular weight excluding hydrogens is 204 g/mol. The van der Waals surface area contributed by atoms with Gasteiger partial charge in [0.25, 0.3) is 0 Å². The molecule has 0 unspecified atom stereocenters. The van der Waals surface area contributed by atoms with Crippen LogP contribution in [-0.4, -0.2) is 19.7 Å². The third kappa shape index (κ3) is 1.48. The summed E-state index contributed by atoms with van der Waals surface area (Å²) in [4.78, 5) is 8.02. The molecule has 0 atom stereocenters. The number of rotatable bonds is 1. The second-order valence-electron chi connectivity index (χ2n) is 3.37. The normalized spacial score (nSPS) is 10.1. The first-order valence-corrected chi connectivity index (χ1v) is 4.67. The van der Waals surface area contributed by atoms with E-state index >= 15 is 0 Å². The zero-order valence-corrected chi connectivity index (χ0v) is 8.97. The summed E-state index contributed by atoms with van der Waals surface area (Å²) in [5.74, 6) is 0.552. The Morgan fingerprint density at radius 1 is 1.31 bits per heavy atom. The molecule has 0 bridgehead atoms. The maximum Gasteiger partial charge on any atom is 0.172 e. The number of hydrogen-bond acceptors (Lipinski definition) is 5. The fourth-order valence-electron chi connectivity index (χ4n) is 1.37. The van der Waals surface area contributed by atoms with Crippen LogP contribution in [0.3, 0.4) is 0 Å². The molecule has 2 N–H and O–H groups in total. The van der Waals surface area contributed by atoms with Gasteiger partial charge in [0.2, 0.25) is 0 Å². The number of nitrogen functional groups attached to an aromatic ring is 1. The zero-order chi connectivity index (χ0) is 11.7. The van der Waals surface area contributed by atoms with Gasteiger partial charge in [0.1, 0.15) is 6.07 Å². The van der Waals surface area contributed by atoms with Crippen LogP contribution in [0.1, 0.15) is 17.1 Å². The van der Waals surface area contributed by atoms with Gasteiger partial charge in [-0.15, -0.1) is 0 Å². The Morgan fingerprint density at radius 3 is 2.50 bits per heavy atom. The van der Waals surface area contributed by atoms with Crippen molar-refractivity contribution in [3.8, 4) is 11.9 Å². The van der Waals surface area contributed by atoms with Crippen LogP contribution in [0.2, 0.25) is 0 Å². The van der Waals surface area contributed by atoms with Crippen molar-refractivity contribution in [3.63, 3.8) is 0 Å². The van der Waals surface area contributed by atoms with Crippen molar-refractivity contribution in [1.82, 2.24) is 19.7 Å². The van der Waals surface area contributed by atoms with E-state index in [-0.39, 0.29) is 5.69 Å². The number of nitrogens with zero attached hydrogens (tertiary/aromatic N) is 5. The molecule has 0 fully saturated rings. The molecule has 0 amide bonds. The molecule has 6 nitrogen and oxygen atoms in total. The van der Waals surface area contributed by atoms with Gasteiger partial charge in [-0.25, -0.2) is 14.6 Å². The van der Waals surface area contributed by atoms with Gasteiger partial charge in [0, 0.05) is 0 Å². The van der Waals surface area contributed by atoms with Gasteiger partial charge in [-0.3, -0.25) is 0 Å². The number of aromatic nitrogens is 4. The van der Waals surface area contributed by atoms with Crippen molar-refractivity contribution in [3.05, 3.63) is 29.5 Å². The fraction of sp³-hybridized carbons (Fsp3) is 0.200. The van der Waals surface area contributed by atoms with Gasteiger partial charge in [-0.1, -0.05) is 0 Å². The summed E-state index contributed by atoms with van der Waals surface area (Å²) in [5, 5.41) is 12.8. The summed E-state index contributed by atoms with van der Waals surface area (Å²) in [6.07, 6.45) is 2.90. The SMILES string of the molecule is Cc1nn(-c2cnc(C#N)cn2)c(C)c1N. The second kappa shape index (κ2) is 3.62. The Morgan fingerprint density at radius 2 is 2.06 bits per heavy atom. The molecule has 0 aliphatic carbocycles. The minimum absolute atomic E-state index is 0.276. The lowest BCUT2D eigenvalue weighted by Gasteiger charge is -2.01. The first kappa shape index (κ1) is 10.1. The van der Waals surface area contributed by atoms with Crippen LogP contribution in [0.15, 0.2) is 12.4 Å². The molecule has 0 saturated heterocycles. The molecule has 2 aromatic rings. The lowest BCUT2D eigenvalue weighted by Crippen LogP contribution is -2.03. The highest BCUT2D eigenvalue weighted by Crippen LogP contribution is 2.17. The van der Waals surface area contributed by atoms with Gasteiger partial charge >= 0.3 is 0 Å². The molecule has 0 radical (unpaired) electrons. The number of nitriles is 1. The van der Waals surface area contributed by atoms with E-state index in [1.807, 2.05) is 19.9 Å². The van der Waals surface area contributed by atoms with Crippen molar-refractivity contribution in [1.29, 1.82) is 5.26 Å². The van der Waals surface area contributed by atoms with E-state index in [4.69, 9.17) is 11.0 Å². The molecule has 80 valence electrons. The van der Waals surface area contributed by atoms with E-state index in [1.165, 1.54) is 12.4 Å². The Bertz CT molecular complexity index is 560. The van der Waals surface area contributed by atoms with E-state index in [0.29, 0.717) is 11.5 Å². The smallest absolute Gasteiger partial charge is 0.172 e. The van der Waals surface area contributed by atoms with Gasteiger partial charge in [0.05, 0.1) is 29.5 Å². The third-order valence-electron chi connectivity index (χ3n) is 2.32. The molecule has 16 heavy (non-hydrogen) atoms. The highest BCUT2D eigenvalue weighted by molar-refractivity contribution is 5.49. The minimum atomic E-state index is 0.276. The largest absolute Gasteiger partial charge is 0.396 e. The topological polar surface area (TPSA) is 93.4 Å². The molecule has 0 spiro atoms. The predicted molar refractivity (Wildman–Crippen MR) is 57.8 cm³/mol. The quantitative estimate of drug-likeness (QED) is 0.755. The standard InChI is InChI=1S/C10H10N6/c1-6-10(12)7(2)16(15-6)9-5-13-8(3-11)4-14-9/h4-5H,12H2,1-2H3. The summed E-state index contributed by atoms with van der Waals surface area (Å²) < 4.78 is 1.61. The highest BCUT2D eigenvalue weighted by Gasteiger charge is 2.10. The average molecular weight is 214 g/mol. The van der Waals surface area contributed by atoms with E-state index in [9.17, 15) is 0 Å². The Hall–Kier alpha value is -2.42. The summed E-state index contributed by atoms with van der Waals surface area (Å²) >= 11 is 0. The molecule has 0 aliphatic heterocycles. The van der Waals surface area contributed by atoms with Gasteiger partial charge in [-0.2, -0.15) is 10.4 Å². The lowest BCUT2D eigenvalue weighted by atomic mass is 10.3. The Kier molecular flexibility index (Phi) is 2.29. The average Bonchev–Trinajstić information content (AvgIpc) is 2.57. The summed E-state index contributed by atoms with van der Waals surface area (Å²) in [6.45, 7) is 3.69. The molecule has 0 aromatic carbocycles. The van der Waals surface area contributed by atoms with Crippen LogP contribution >= 0.6 is 0 Å². The first-order valence-electron chi connectivity index (χ1n) is 4.67. The number of anilines is 1. The molecule has 2 rings (SSSR count). The lowest BCUT2D eigenvalue weighted by molar-refractivity contribution is 0.798. The van der Waals surface area contributed by atoms with Crippen LogP contribution in [0.5, 0.6) is 0 Å². The van der Waals surface area contributed by atoms with Crippen LogP contribution in [0.25, 0.3) is 5.82 Å². The van der Waals surface area contributed by atoms with Gasteiger partial charge < -0.3 is 5.73 Å². The van der Waals surface area contributed by atoms with Gasteiger partial charge in [0.15, 0.2) is 11.5 Å². The molecule has 0 saturated carbocycles. The molecule has 6 heteroatoms. The highest BCUT2D eigenvalue weighted by atomic mass is 15.3. The van der Waals surface area contributed by atoms with Crippen molar-refractivity contribution < 1.29 is 0 Å². The Labute approximate surface area is 92.4 Å². The minimum Gasteiger partial charge on any atom is -0.396 e. The maximum absolute atomic E-state index is 8.61. The third-order valence-corrected chi connectivity index (χ3v) is 2.32. The van der Waals surface area contributed by atoms with E-state index in [0.717, 1.165) is 11.4 Å². The molecule has 0 aliphatic rings. The molecular formula is C10H10N6. The van der Waals surface area contributed by atoms with E-state index < -0.39 is 0 Å². The van der Waals surface area contributed by atoms with Crippen molar-refractivity contribution >= 4 is 5.69 Å². The summed E-state index contributed by atoms with van der Waals surface area (Å²) in [7, 11) is 0. The number of hydrogen-bond donors (Lipinski definition) is 1. The van der Waals surface area contributed by atoms with Crippen LogP contribution in [0, 0.1) is 25.2 Å². The van der Waals surface area contributed by atoms with Crippen molar-refractivity contribution in [2.75, 3.05) is 5.73 Å². The summed E-state index contributed by atoms with van der Waals surface area (Å²) in [5.41, 5.74) is 8.30. The fourth-order valence-corrected chi connectivity index (χ4v) is 1.37. The van der Waals surface area contributed by atoms with Crippen molar-refractivity contribution in [2.45, 2.75) is 13.8 Å². The predicted octanol–water partition coefficient (Wildman–Crippen LogP) is 0.733. The number of aryl methyl sites for hydroxylation is 1. The van der Waals surface area contributed by atoms with E-state index in [2.05, 4.69) is 15.1 Å². The van der Waals surface area contributed by atoms with Crippen LogP contribution in [-0.2, 0) is 0 Å². The van der Waals surface area contributed by atoms with Crippen LogP contribution < -0.4 is 5.73 Å². The molecule has 2 heterocycles. The summed E-state index contributed by atoms with van der Waals surface area (Å²) in [6, 6.07) is 1.91. The number of nitrogens with two attached hydrogens (primary N) is 1. The van der Waals surface area contributed by atoms with Gasteiger partial charge in [-0.05, 0) is 13.8 Å². The maximum atomic E-state index is 8.61. The zero-order valence-electron chi connectivity index (χ0n) is 8.97. The van der Waals surface area contributed by atoms with Crippen molar-refractivity contribution in [2.24, 2.45) is 0 Å². The Balaban J connectivity index is 2.51. The second-order valence-corrected chi connectivity index (χ2v) is 3.37. The molecule has 2 aromatic heterocycles. The van der Waals surface area contributed by atoms with E-state index in [1.54, 1.807) is 4.68 Å². The van der Waals surface area contributed by atoms with Crippen LogP contribution in [0.4, 0.5) is 5.69 Å².